The maximum atomic E-state index is 12.1. The lowest BCUT2D eigenvalue weighted by Crippen LogP contribution is -2.28. The molecule has 0 fully saturated rings. The van der Waals surface area contributed by atoms with Gasteiger partial charge in [0.05, 0.1) is 29.1 Å². The van der Waals surface area contributed by atoms with Crippen LogP contribution in [0.1, 0.15) is 19.4 Å². The van der Waals surface area contributed by atoms with Crippen molar-refractivity contribution in [3.8, 4) is 0 Å². The number of nitrogens with zero attached hydrogens (tertiary/aromatic N) is 3. The summed E-state index contributed by atoms with van der Waals surface area (Å²) in [5, 5.41) is 4.74. The standard InChI is InChI=1S/C15H19ClN4O/c1-3-19(4-2)12-8-15(21)20(18-9-12)10-11-5-6-13(16)14(17)7-11/h5-9H,3-4,10,17H2,1-2H3. The van der Waals surface area contributed by atoms with Crippen molar-refractivity contribution >= 4 is 23.0 Å². The summed E-state index contributed by atoms with van der Waals surface area (Å²) in [6.45, 7) is 6.15. The van der Waals surface area contributed by atoms with Crippen molar-refractivity contribution in [2.75, 3.05) is 23.7 Å². The molecular weight excluding hydrogens is 288 g/mol. The van der Waals surface area contributed by atoms with Crippen molar-refractivity contribution in [2.45, 2.75) is 20.4 Å². The highest BCUT2D eigenvalue weighted by Crippen LogP contribution is 2.19. The van der Waals surface area contributed by atoms with Crippen LogP contribution in [-0.4, -0.2) is 22.9 Å². The Morgan fingerprint density at radius 1 is 1.29 bits per heavy atom. The van der Waals surface area contributed by atoms with Gasteiger partial charge in [-0.25, -0.2) is 4.68 Å². The summed E-state index contributed by atoms with van der Waals surface area (Å²) in [5.41, 5.74) is 7.87. The first-order valence-electron chi connectivity index (χ1n) is 6.91. The van der Waals surface area contributed by atoms with Crippen LogP contribution in [0.2, 0.25) is 5.02 Å². The Bertz CT molecular complexity index is 680. The highest BCUT2D eigenvalue weighted by Gasteiger charge is 2.06. The van der Waals surface area contributed by atoms with Gasteiger partial charge in [-0.15, -0.1) is 0 Å². The second-order valence-corrected chi connectivity index (χ2v) is 5.15. The maximum Gasteiger partial charge on any atom is 0.269 e. The highest BCUT2D eigenvalue weighted by molar-refractivity contribution is 6.33. The quantitative estimate of drug-likeness (QED) is 0.861. The van der Waals surface area contributed by atoms with Gasteiger partial charge >= 0.3 is 0 Å². The molecule has 0 aliphatic heterocycles. The van der Waals surface area contributed by atoms with Crippen LogP contribution in [0, 0.1) is 0 Å². The molecular formula is C15H19ClN4O. The van der Waals surface area contributed by atoms with Gasteiger partial charge in [0.1, 0.15) is 0 Å². The maximum absolute atomic E-state index is 12.1. The van der Waals surface area contributed by atoms with Gasteiger partial charge in [0.2, 0.25) is 0 Å². The first-order chi connectivity index (χ1) is 10.0. The topological polar surface area (TPSA) is 64.2 Å². The van der Waals surface area contributed by atoms with E-state index in [4.69, 9.17) is 17.3 Å². The SMILES string of the molecule is CCN(CC)c1cnn(Cc2ccc(Cl)c(N)c2)c(=O)c1. The number of benzene rings is 1. The smallest absolute Gasteiger partial charge is 0.269 e. The van der Waals surface area contributed by atoms with Crippen molar-refractivity contribution < 1.29 is 0 Å². The Morgan fingerprint density at radius 2 is 2.00 bits per heavy atom. The van der Waals surface area contributed by atoms with Crippen LogP contribution >= 0.6 is 11.6 Å². The van der Waals surface area contributed by atoms with E-state index in [0.717, 1.165) is 24.3 Å². The zero-order chi connectivity index (χ0) is 15.4. The molecule has 5 nitrogen and oxygen atoms in total. The highest BCUT2D eigenvalue weighted by atomic mass is 35.5. The van der Waals surface area contributed by atoms with Crippen LogP contribution in [-0.2, 0) is 6.54 Å². The fourth-order valence-corrected chi connectivity index (χ4v) is 2.29. The number of hydrogen-bond donors (Lipinski definition) is 1. The van der Waals surface area contributed by atoms with Crippen molar-refractivity contribution in [1.29, 1.82) is 0 Å². The summed E-state index contributed by atoms with van der Waals surface area (Å²) in [7, 11) is 0. The van der Waals surface area contributed by atoms with Gasteiger partial charge in [-0.05, 0) is 31.5 Å². The molecule has 0 aliphatic rings. The van der Waals surface area contributed by atoms with E-state index in [9.17, 15) is 4.79 Å². The van der Waals surface area contributed by atoms with Gasteiger partial charge in [-0.3, -0.25) is 4.79 Å². The van der Waals surface area contributed by atoms with Crippen LogP contribution in [0.5, 0.6) is 0 Å². The molecule has 1 aromatic heterocycles. The Balaban J connectivity index is 2.25. The molecule has 0 radical (unpaired) electrons. The molecule has 21 heavy (non-hydrogen) atoms. The Kier molecular flexibility index (Phi) is 4.85. The molecule has 0 spiro atoms. The van der Waals surface area contributed by atoms with E-state index < -0.39 is 0 Å². The molecule has 0 amide bonds. The van der Waals surface area contributed by atoms with Gasteiger partial charge in [0, 0.05) is 19.2 Å². The summed E-state index contributed by atoms with van der Waals surface area (Å²) >= 11 is 5.89. The average Bonchev–Trinajstić information content (AvgIpc) is 2.47. The minimum Gasteiger partial charge on any atom is -0.398 e. The largest absolute Gasteiger partial charge is 0.398 e. The van der Waals surface area contributed by atoms with Gasteiger partial charge in [0.25, 0.3) is 5.56 Å². The Morgan fingerprint density at radius 3 is 2.57 bits per heavy atom. The third-order valence-electron chi connectivity index (χ3n) is 3.38. The van der Waals surface area contributed by atoms with Crippen LogP contribution in [0.25, 0.3) is 0 Å². The van der Waals surface area contributed by atoms with Crippen molar-refractivity contribution in [2.24, 2.45) is 0 Å². The van der Waals surface area contributed by atoms with E-state index in [2.05, 4.69) is 10.00 Å². The number of halogens is 1. The van der Waals surface area contributed by atoms with Crippen LogP contribution in [0.4, 0.5) is 11.4 Å². The number of nitrogen functional groups attached to an aromatic ring is 1. The second kappa shape index (κ2) is 6.63. The molecule has 0 saturated carbocycles. The van der Waals surface area contributed by atoms with Crippen LogP contribution < -0.4 is 16.2 Å². The van der Waals surface area contributed by atoms with Crippen molar-refractivity contribution in [1.82, 2.24) is 9.78 Å². The predicted octanol–water partition coefficient (Wildman–Crippen LogP) is 2.37. The third-order valence-corrected chi connectivity index (χ3v) is 3.72. The first kappa shape index (κ1) is 15.4. The molecule has 2 N–H and O–H groups in total. The van der Waals surface area contributed by atoms with E-state index in [-0.39, 0.29) is 5.56 Å². The van der Waals surface area contributed by atoms with E-state index in [1.807, 2.05) is 19.9 Å². The number of aromatic nitrogens is 2. The third kappa shape index (κ3) is 3.55. The molecule has 0 bridgehead atoms. The van der Waals surface area contributed by atoms with E-state index >= 15 is 0 Å². The summed E-state index contributed by atoms with van der Waals surface area (Å²) in [5.74, 6) is 0. The predicted molar refractivity (Wildman–Crippen MR) is 87.0 cm³/mol. The monoisotopic (exact) mass is 306 g/mol. The lowest BCUT2D eigenvalue weighted by atomic mass is 10.2. The molecule has 0 saturated heterocycles. The lowest BCUT2D eigenvalue weighted by molar-refractivity contribution is 0.636. The van der Waals surface area contributed by atoms with E-state index in [0.29, 0.717) is 17.3 Å². The molecule has 0 atom stereocenters. The molecule has 1 heterocycles. The zero-order valence-electron chi connectivity index (χ0n) is 12.2. The molecule has 0 unspecified atom stereocenters. The number of hydrogen-bond acceptors (Lipinski definition) is 4. The molecule has 0 aliphatic carbocycles. The van der Waals surface area contributed by atoms with Gasteiger partial charge in [0.15, 0.2) is 0 Å². The van der Waals surface area contributed by atoms with Crippen LogP contribution in [0.3, 0.4) is 0 Å². The molecule has 2 rings (SSSR count). The number of rotatable bonds is 5. The van der Waals surface area contributed by atoms with E-state index in [1.54, 1.807) is 24.4 Å². The Hall–Kier alpha value is -2.01. The minimum absolute atomic E-state index is 0.132. The lowest BCUT2D eigenvalue weighted by Gasteiger charge is -2.20. The fraction of sp³-hybridized carbons (Fsp3) is 0.333. The number of anilines is 2. The average molecular weight is 307 g/mol. The van der Waals surface area contributed by atoms with Crippen LogP contribution in [0.15, 0.2) is 35.3 Å². The normalized spacial score (nSPS) is 10.6. The molecule has 6 heteroatoms. The van der Waals surface area contributed by atoms with Crippen molar-refractivity contribution in [3.05, 3.63) is 51.4 Å². The summed E-state index contributed by atoms with van der Waals surface area (Å²) in [4.78, 5) is 14.2. The van der Waals surface area contributed by atoms with Gasteiger partial charge in [-0.1, -0.05) is 17.7 Å². The van der Waals surface area contributed by atoms with Gasteiger partial charge in [-0.2, -0.15) is 5.10 Å². The zero-order valence-corrected chi connectivity index (χ0v) is 13.0. The summed E-state index contributed by atoms with van der Waals surface area (Å²) in [6.07, 6.45) is 1.72. The van der Waals surface area contributed by atoms with E-state index in [1.165, 1.54) is 4.68 Å². The second-order valence-electron chi connectivity index (χ2n) is 4.74. The Labute approximate surface area is 128 Å². The summed E-state index contributed by atoms with van der Waals surface area (Å²) in [6, 6.07) is 6.93. The summed E-state index contributed by atoms with van der Waals surface area (Å²) < 4.78 is 1.41. The molecule has 112 valence electrons. The van der Waals surface area contributed by atoms with Gasteiger partial charge < -0.3 is 10.6 Å². The first-order valence-corrected chi connectivity index (χ1v) is 7.29. The number of nitrogens with two attached hydrogens (primary N) is 1. The van der Waals surface area contributed by atoms with Crippen molar-refractivity contribution in [3.63, 3.8) is 0 Å². The fourth-order valence-electron chi connectivity index (χ4n) is 2.17. The molecule has 2 aromatic rings. The molecule has 1 aromatic carbocycles. The minimum atomic E-state index is -0.132.